The molecule has 0 fully saturated rings. The molecule has 0 atom stereocenters. The Bertz CT molecular complexity index is 523. The van der Waals surface area contributed by atoms with Gasteiger partial charge >= 0.3 is 0 Å². The van der Waals surface area contributed by atoms with Crippen LogP contribution in [-0.2, 0) is 11.2 Å². The average Bonchev–Trinajstić information content (AvgIpc) is 2.45. The molecule has 0 radical (unpaired) electrons. The van der Waals surface area contributed by atoms with Crippen LogP contribution in [0.25, 0.3) is 0 Å². The second-order valence-electron chi connectivity index (χ2n) is 3.95. The Hall–Kier alpha value is -1.70. The minimum atomic E-state index is -0.427. The third kappa shape index (κ3) is 5.96. The molecule has 0 aliphatic heterocycles. The topological polar surface area (TPSA) is 64.9 Å². The van der Waals surface area contributed by atoms with E-state index in [2.05, 4.69) is 10.6 Å². The van der Waals surface area contributed by atoms with Crippen molar-refractivity contribution in [3.8, 4) is 6.07 Å². The van der Waals surface area contributed by atoms with Crippen LogP contribution in [0, 0.1) is 11.3 Å². The molecule has 0 unspecified atom stereocenters. The molecule has 106 valence electrons. The van der Waals surface area contributed by atoms with Gasteiger partial charge in [0.05, 0.1) is 0 Å². The molecule has 0 saturated carbocycles. The molecular weight excluding hydrogens is 297 g/mol. The quantitative estimate of drug-likeness (QED) is 0.351. The number of carbonyl (C=O) groups is 1. The van der Waals surface area contributed by atoms with Gasteiger partial charge in [0.15, 0.2) is 0 Å². The molecule has 1 aromatic rings. The molecule has 0 bridgehead atoms. The van der Waals surface area contributed by atoms with Crippen molar-refractivity contribution < 1.29 is 4.79 Å². The zero-order valence-electron chi connectivity index (χ0n) is 10.8. The minimum absolute atomic E-state index is 0.0289. The van der Waals surface area contributed by atoms with E-state index < -0.39 is 5.91 Å². The second kappa shape index (κ2) is 9.24. The lowest BCUT2D eigenvalue weighted by Gasteiger charge is -2.04. The van der Waals surface area contributed by atoms with E-state index in [1.165, 1.54) is 6.20 Å². The predicted molar refractivity (Wildman–Crippen MR) is 80.6 cm³/mol. The van der Waals surface area contributed by atoms with E-state index >= 15 is 0 Å². The smallest absolute Gasteiger partial charge is 0.263 e. The van der Waals surface area contributed by atoms with E-state index in [-0.39, 0.29) is 5.57 Å². The highest BCUT2D eigenvalue weighted by Gasteiger charge is 2.06. The largest absolute Gasteiger partial charge is 0.389 e. The highest BCUT2D eigenvalue weighted by Crippen LogP contribution is 2.10. The van der Waals surface area contributed by atoms with Gasteiger partial charge in [0.1, 0.15) is 11.6 Å². The first-order valence-corrected chi connectivity index (χ1v) is 7.01. The van der Waals surface area contributed by atoms with E-state index in [9.17, 15) is 4.79 Å². The van der Waals surface area contributed by atoms with E-state index in [1.54, 1.807) is 0 Å². The Balaban J connectivity index is 2.42. The number of hydrogen-bond donors (Lipinski definition) is 2. The Morgan fingerprint density at radius 1 is 1.40 bits per heavy atom. The number of carbonyl (C=O) groups excluding carboxylic acids is 1. The van der Waals surface area contributed by atoms with Crippen LogP contribution in [0.4, 0.5) is 0 Å². The van der Waals surface area contributed by atoms with Gasteiger partial charge in [-0.2, -0.15) is 5.26 Å². The Morgan fingerprint density at radius 3 is 2.85 bits per heavy atom. The van der Waals surface area contributed by atoms with E-state index in [1.807, 2.05) is 30.3 Å². The van der Waals surface area contributed by atoms with Crippen LogP contribution >= 0.6 is 23.2 Å². The van der Waals surface area contributed by atoms with Crippen LogP contribution in [0.3, 0.4) is 0 Å². The average molecular weight is 312 g/mol. The molecular formula is C14H15Cl2N3O. The number of hydrogen-bond acceptors (Lipinski definition) is 3. The van der Waals surface area contributed by atoms with Gasteiger partial charge in [-0.25, -0.2) is 0 Å². The molecule has 1 aromatic carbocycles. The SMILES string of the molecule is N#C/C(=C/NCCc1cccc(Cl)c1)C(=O)NCCCl. The Labute approximate surface area is 128 Å². The first-order valence-electron chi connectivity index (χ1n) is 6.09. The molecule has 4 nitrogen and oxygen atoms in total. The van der Waals surface area contributed by atoms with Gasteiger partial charge in [0, 0.05) is 30.2 Å². The molecule has 0 saturated heterocycles. The van der Waals surface area contributed by atoms with Gasteiger partial charge < -0.3 is 10.6 Å². The summed E-state index contributed by atoms with van der Waals surface area (Å²) < 4.78 is 0. The molecule has 0 spiro atoms. The number of halogens is 2. The number of alkyl halides is 1. The fourth-order valence-electron chi connectivity index (χ4n) is 1.49. The van der Waals surface area contributed by atoms with E-state index in [0.717, 1.165) is 12.0 Å². The van der Waals surface area contributed by atoms with E-state index in [4.69, 9.17) is 28.5 Å². The normalized spacial score (nSPS) is 10.8. The Kier molecular flexibility index (Phi) is 7.56. The fraction of sp³-hybridized carbons (Fsp3) is 0.286. The summed E-state index contributed by atoms with van der Waals surface area (Å²) in [7, 11) is 0. The standard InChI is InChI=1S/C14H15Cl2N3O/c15-5-7-19-14(20)12(9-17)10-18-6-4-11-2-1-3-13(16)8-11/h1-3,8,10,18H,4-7H2,(H,19,20)/b12-10-. The minimum Gasteiger partial charge on any atom is -0.389 e. The number of rotatable bonds is 7. The van der Waals surface area contributed by atoms with Crippen LogP contribution in [0.2, 0.25) is 5.02 Å². The van der Waals surface area contributed by atoms with Crippen molar-refractivity contribution >= 4 is 29.1 Å². The van der Waals surface area contributed by atoms with Gasteiger partial charge in [-0.15, -0.1) is 11.6 Å². The number of nitrogens with one attached hydrogen (secondary N) is 2. The van der Waals surface area contributed by atoms with Crippen molar-refractivity contribution in [1.82, 2.24) is 10.6 Å². The first-order chi connectivity index (χ1) is 9.67. The first kappa shape index (κ1) is 16.4. The highest BCUT2D eigenvalue weighted by molar-refractivity contribution is 6.30. The maximum atomic E-state index is 11.5. The maximum Gasteiger partial charge on any atom is 0.263 e. The third-order valence-corrected chi connectivity index (χ3v) is 2.86. The molecule has 2 N–H and O–H groups in total. The molecule has 0 aliphatic rings. The van der Waals surface area contributed by atoms with E-state index in [0.29, 0.717) is 24.0 Å². The lowest BCUT2D eigenvalue weighted by molar-refractivity contribution is -0.117. The summed E-state index contributed by atoms with van der Waals surface area (Å²) in [5.41, 5.74) is 1.12. The summed E-state index contributed by atoms with van der Waals surface area (Å²) in [6, 6.07) is 9.38. The maximum absolute atomic E-state index is 11.5. The summed E-state index contributed by atoms with van der Waals surface area (Å²) in [6.45, 7) is 0.941. The third-order valence-electron chi connectivity index (χ3n) is 2.44. The Morgan fingerprint density at radius 2 is 2.20 bits per heavy atom. The monoisotopic (exact) mass is 311 g/mol. The van der Waals surface area contributed by atoms with Crippen molar-refractivity contribution in [2.24, 2.45) is 0 Å². The fourth-order valence-corrected chi connectivity index (χ4v) is 1.80. The van der Waals surface area contributed by atoms with Crippen LogP contribution in [0.15, 0.2) is 36.0 Å². The van der Waals surface area contributed by atoms with Gasteiger partial charge in [0.2, 0.25) is 0 Å². The van der Waals surface area contributed by atoms with Crippen molar-refractivity contribution in [3.05, 3.63) is 46.6 Å². The lowest BCUT2D eigenvalue weighted by atomic mass is 10.1. The highest BCUT2D eigenvalue weighted by atomic mass is 35.5. The molecule has 6 heteroatoms. The van der Waals surface area contributed by atoms with Crippen LogP contribution in [0.5, 0.6) is 0 Å². The van der Waals surface area contributed by atoms with Crippen molar-refractivity contribution in [2.75, 3.05) is 19.0 Å². The van der Waals surface area contributed by atoms with Gasteiger partial charge in [-0.05, 0) is 24.1 Å². The van der Waals surface area contributed by atoms with Crippen LogP contribution in [-0.4, -0.2) is 24.9 Å². The number of amides is 1. The molecule has 1 rings (SSSR count). The number of nitrogens with zero attached hydrogens (tertiary/aromatic N) is 1. The van der Waals surface area contributed by atoms with Crippen molar-refractivity contribution in [3.63, 3.8) is 0 Å². The molecule has 1 amide bonds. The second-order valence-corrected chi connectivity index (χ2v) is 4.76. The zero-order chi connectivity index (χ0) is 14.8. The predicted octanol–water partition coefficient (Wildman–Crippen LogP) is 2.23. The number of nitriles is 1. The molecule has 0 aliphatic carbocycles. The summed E-state index contributed by atoms with van der Waals surface area (Å²) in [6.07, 6.45) is 2.16. The molecule has 0 aromatic heterocycles. The molecule has 0 heterocycles. The van der Waals surface area contributed by atoms with Gasteiger partial charge in [0.25, 0.3) is 5.91 Å². The summed E-state index contributed by atoms with van der Waals surface area (Å²) in [5.74, 6) is -0.115. The summed E-state index contributed by atoms with van der Waals surface area (Å²) in [4.78, 5) is 11.5. The summed E-state index contributed by atoms with van der Waals surface area (Å²) in [5, 5.41) is 15.0. The lowest BCUT2D eigenvalue weighted by Crippen LogP contribution is -2.27. The van der Waals surface area contributed by atoms with Crippen molar-refractivity contribution in [2.45, 2.75) is 6.42 Å². The number of benzene rings is 1. The van der Waals surface area contributed by atoms with Crippen molar-refractivity contribution in [1.29, 1.82) is 5.26 Å². The zero-order valence-corrected chi connectivity index (χ0v) is 12.3. The van der Waals surface area contributed by atoms with Gasteiger partial charge in [-0.1, -0.05) is 23.7 Å². The van der Waals surface area contributed by atoms with Crippen LogP contribution in [0.1, 0.15) is 5.56 Å². The van der Waals surface area contributed by atoms with Gasteiger partial charge in [-0.3, -0.25) is 4.79 Å². The molecule has 20 heavy (non-hydrogen) atoms. The van der Waals surface area contributed by atoms with Crippen LogP contribution < -0.4 is 10.6 Å². The summed E-state index contributed by atoms with van der Waals surface area (Å²) >= 11 is 11.3.